The fourth-order valence-corrected chi connectivity index (χ4v) is 2.26. The maximum absolute atomic E-state index is 10.9. The summed E-state index contributed by atoms with van der Waals surface area (Å²) in [5, 5.41) is 0.633. The van der Waals surface area contributed by atoms with E-state index in [2.05, 4.69) is 19.6 Å². The quantitative estimate of drug-likeness (QED) is 0.597. The monoisotopic (exact) mass is 242 g/mol. The molecule has 0 radical (unpaired) electrons. The molecular weight excluding hydrogens is 228 g/mol. The van der Waals surface area contributed by atoms with Crippen LogP contribution in [0.2, 0.25) is 24.7 Å². The van der Waals surface area contributed by atoms with E-state index in [-0.39, 0.29) is 0 Å². The fraction of sp³-hybridized carbons (Fsp3) is 0.364. The molecule has 0 fully saturated rings. The van der Waals surface area contributed by atoms with E-state index in [1.807, 2.05) is 6.92 Å². The summed E-state index contributed by atoms with van der Waals surface area (Å²) < 4.78 is 5.86. The third-order valence-corrected chi connectivity index (χ3v) is 3.13. The highest BCUT2D eigenvalue weighted by Crippen LogP contribution is 2.30. The molecule has 0 aromatic heterocycles. The molecule has 0 saturated heterocycles. The van der Waals surface area contributed by atoms with Crippen LogP contribution in [-0.2, 0) is 0 Å². The molecule has 0 aliphatic heterocycles. The first-order valence-corrected chi connectivity index (χ1v) is 8.57. The second kappa shape index (κ2) is 4.37. The number of hydrogen-bond donors (Lipinski definition) is 0. The molecule has 0 N–H and O–H groups in total. The fourth-order valence-electron chi connectivity index (χ4n) is 1.22. The van der Waals surface area contributed by atoms with Gasteiger partial charge < -0.3 is 4.43 Å². The molecule has 0 unspecified atom stereocenters. The Hall–Kier alpha value is -0.803. The maximum Gasteiger partial charge on any atom is 0.242 e. The van der Waals surface area contributed by atoms with Crippen LogP contribution in [0.25, 0.3) is 0 Å². The summed E-state index contributed by atoms with van der Waals surface area (Å²) in [6.45, 7) is 8.08. The van der Waals surface area contributed by atoms with E-state index in [1.54, 1.807) is 12.1 Å². The Labute approximate surface area is 96.3 Å². The zero-order valence-corrected chi connectivity index (χ0v) is 11.2. The van der Waals surface area contributed by atoms with Gasteiger partial charge in [0, 0.05) is 10.6 Å². The summed E-state index contributed by atoms with van der Waals surface area (Å²) in [5.74, 6) is 0.636. The molecule has 0 bridgehead atoms. The largest absolute Gasteiger partial charge is 0.544 e. The molecule has 2 nitrogen and oxygen atoms in total. The van der Waals surface area contributed by atoms with Crippen molar-refractivity contribution in [3.05, 3.63) is 28.3 Å². The third-order valence-electron chi connectivity index (χ3n) is 1.91. The molecule has 0 spiro atoms. The number of hydrogen-bond acceptors (Lipinski definition) is 2. The Bertz CT molecular complexity index is 383. The average molecular weight is 243 g/mol. The van der Waals surface area contributed by atoms with Gasteiger partial charge >= 0.3 is 0 Å². The van der Waals surface area contributed by atoms with E-state index >= 15 is 0 Å². The number of rotatable bonds is 3. The summed E-state index contributed by atoms with van der Waals surface area (Å²) in [7, 11) is -1.72. The molecule has 15 heavy (non-hydrogen) atoms. The normalized spacial score (nSPS) is 11.3. The van der Waals surface area contributed by atoms with Crippen LogP contribution in [-0.4, -0.2) is 14.6 Å². The smallest absolute Gasteiger partial charge is 0.242 e. The highest BCUT2D eigenvalue weighted by Gasteiger charge is 2.20. The Morgan fingerprint density at radius 1 is 1.33 bits per heavy atom. The number of carbonyl (C=O) groups excluding carboxylic acids is 1. The SMILES string of the molecule is Cc1c(Cl)ccc(C=O)c1O[Si](C)(C)C. The number of carbonyl (C=O) groups is 1. The van der Waals surface area contributed by atoms with Crippen molar-refractivity contribution < 1.29 is 9.22 Å². The van der Waals surface area contributed by atoms with E-state index in [1.165, 1.54) is 0 Å². The zero-order chi connectivity index (χ0) is 11.6. The second-order valence-corrected chi connectivity index (χ2v) is 9.26. The standard InChI is InChI=1S/C11H15ClO2Si/c1-8-10(12)6-5-9(7-13)11(8)14-15(2,3)4/h5-7H,1-4H3. The average Bonchev–Trinajstić information content (AvgIpc) is 2.11. The van der Waals surface area contributed by atoms with Gasteiger partial charge in [0.15, 0.2) is 6.29 Å². The molecule has 4 heteroatoms. The van der Waals surface area contributed by atoms with Gasteiger partial charge in [0.2, 0.25) is 8.32 Å². The molecule has 1 aromatic carbocycles. The van der Waals surface area contributed by atoms with Crippen LogP contribution < -0.4 is 4.43 Å². The van der Waals surface area contributed by atoms with Gasteiger partial charge in [-0.05, 0) is 38.7 Å². The predicted molar refractivity (Wildman–Crippen MR) is 65.6 cm³/mol. The summed E-state index contributed by atoms with van der Waals surface area (Å²) in [5.41, 5.74) is 1.41. The van der Waals surface area contributed by atoms with Crippen molar-refractivity contribution in [1.82, 2.24) is 0 Å². The van der Waals surface area contributed by atoms with Gasteiger partial charge in [0.1, 0.15) is 5.75 Å². The summed E-state index contributed by atoms with van der Waals surface area (Å²) in [6.07, 6.45) is 0.804. The summed E-state index contributed by atoms with van der Waals surface area (Å²) in [4.78, 5) is 10.9. The molecule has 0 aliphatic carbocycles. The lowest BCUT2D eigenvalue weighted by Gasteiger charge is -2.22. The maximum atomic E-state index is 10.9. The Kier molecular flexibility index (Phi) is 3.57. The van der Waals surface area contributed by atoms with Crippen LogP contribution in [0.5, 0.6) is 5.75 Å². The van der Waals surface area contributed by atoms with Crippen molar-refractivity contribution >= 4 is 26.2 Å². The number of aldehydes is 1. The van der Waals surface area contributed by atoms with Crippen LogP contribution in [0.15, 0.2) is 12.1 Å². The zero-order valence-electron chi connectivity index (χ0n) is 9.43. The molecule has 0 heterocycles. The lowest BCUT2D eigenvalue weighted by molar-refractivity contribution is 0.112. The minimum atomic E-state index is -1.72. The first-order chi connectivity index (χ1) is 6.85. The van der Waals surface area contributed by atoms with Gasteiger partial charge in [-0.1, -0.05) is 11.6 Å². The van der Waals surface area contributed by atoms with Gasteiger partial charge in [-0.2, -0.15) is 0 Å². The van der Waals surface area contributed by atoms with Crippen molar-refractivity contribution in [3.63, 3.8) is 0 Å². The van der Waals surface area contributed by atoms with Crippen molar-refractivity contribution in [2.24, 2.45) is 0 Å². The topological polar surface area (TPSA) is 26.3 Å². The second-order valence-electron chi connectivity index (χ2n) is 4.42. The first-order valence-electron chi connectivity index (χ1n) is 4.78. The van der Waals surface area contributed by atoms with Gasteiger partial charge in [0.25, 0.3) is 0 Å². The molecule has 0 saturated carbocycles. The van der Waals surface area contributed by atoms with Crippen LogP contribution in [0.3, 0.4) is 0 Å². The molecule has 0 aliphatic rings. The Balaban J connectivity index is 3.24. The van der Waals surface area contributed by atoms with Crippen molar-refractivity contribution in [3.8, 4) is 5.75 Å². The highest BCUT2D eigenvalue weighted by molar-refractivity contribution is 6.70. The lowest BCUT2D eigenvalue weighted by Crippen LogP contribution is -2.30. The molecule has 82 valence electrons. The minimum Gasteiger partial charge on any atom is -0.544 e. The minimum absolute atomic E-state index is 0.569. The van der Waals surface area contributed by atoms with Crippen LogP contribution >= 0.6 is 11.6 Å². The van der Waals surface area contributed by atoms with E-state index in [0.717, 1.165) is 11.8 Å². The van der Waals surface area contributed by atoms with Crippen LogP contribution in [0.4, 0.5) is 0 Å². The van der Waals surface area contributed by atoms with E-state index < -0.39 is 8.32 Å². The van der Waals surface area contributed by atoms with Crippen molar-refractivity contribution in [2.75, 3.05) is 0 Å². The first kappa shape index (κ1) is 12.3. The Morgan fingerprint density at radius 2 is 1.93 bits per heavy atom. The van der Waals surface area contributed by atoms with Gasteiger partial charge in [-0.25, -0.2) is 0 Å². The van der Waals surface area contributed by atoms with Gasteiger partial charge in [-0.3, -0.25) is 4.79 Å². The Morgan fingerprint density at radius 3 is 2.40 bits per heavy atom. The number of halogens is 1. The number of benzene rings is 1. The molecule has 0 amide bonds. The van der Waals surface area contributed by atoms with Gasteiger partial charge in [0.05, 0.1) is 5.56 Å². The van der Waals surface area contributed by atoms with E-state index in [4.69, 9.17) is 16.0 Å². The van der Waals surface area contributed by atoms with Crippen molar-refractivity contribution in [2.45, 2.75) is 26.6 Å². The summed E-state index contributed by atoms with van der Waals surface area (Å²) >= 11 is 5.99. The molecule has 1 rings (SSSR count). The molecular formula is C11H15ClO2Si. The van der Waals surface area contributed by atoms with E-state index in [9.17, 15) is 4.79 Å². The van der Waals surface area contributed by atoms with Crippen molar-refractivity contribution in [1.29, 1.82) is 0 Å². The lowest BCUT2D eigenvalue weighted by atomic mass is 10.1. The third kappa shape index (κ3) is 3.07. The molecule has 1 aromatic rings. The highest BCUT2D eigenvalue weighted by atomic mass is 35.5. The van der Waals surface area contributed by atoms with Crippen LogP contribution in [0, 0.1) is 6.92 Å². The predicted octanol–water partition coefficient (Wildman–Crippen LogP) is 3.67. The van der Waals surface area contributed by atoms with Gasteiger partial charge in [-0.15, -0.1) is 0 Å². The molecule has 0 atom stereocenters. The van der Waals surface area contributed by atoms with E-state index in [0.29, 0.717) is 16.3 Å². The summed E-state index contributed by atoms with van der Waals surface area (Å²) in [6, 6.07) is 3.41. The van der Waals surface area contributed by atoms with Crippen LogP contribution in [0.1, 0.15) is 15.9 Å².